The minimum atomic E-state index is 0.435. The molecular formula is C22H19N. The van der Waals surface area contributed by atoms with E-state index in [-0.39, 0.29) is 0 Å². The van der Waals surface area contributed by atoms with Gasteiger partial charge >= 0.3 is 0 Å². The normalized spacial score (nSPS) is 19.5. The second-order valence-electron chi connectivity index (χ2n) is 6.60. The fraction of sp³-hybridized carbons (Fsp3) is 0.182. The summed E-state index contributed by atoms with van der Waals surface area (Å²) in [5.74, 6) is 0.435. The quantitative estimate of drug-likeness (QED) is 0.468. The molecule has 1 nitrogen and oxygen atoms in total. The standard InChI is InChI=1S/C22H19N/c1-23-19-12-10-15-6-2-3-8-17(14-15)21(19)22-18-9-5-4-7-16(18)11-13-20(22)23/h2,4-7,9-15H,3,8H2,1H3. The summed E-state index contributed by atoms with van der Waals surface area (Å²) in [4.78, 5) is 0. The van der Waals surface area contributed by atoms with Gasteiger partial charge in [-0.25, -0.2) is 0 Å². The molecule has 0 saturated carbocycles. The molecule has 0 aliphatic heterocycles. The lowest BCUT2D eigenvalue weighted by Gasteiger charge is -2.08. The van der Waals surface area contributed by atoms with Crippen LogP contribution in [0.25, 0.3) is 33.3 Å². The van der Waals surface area contributed by atoms with Crippen LogP contribution in [-0.2, 0) is 7.05 Å². The van der Waals surface area contributed by atoms with E-state index < -0.39 is 0 Å². The topological polar surface area (TPSA) is 4.93 Å². The number of hydrogen-bond donors (Lipinski definition) is 0. The maximum atomic E-state index is 2.45. The van der Waals surface area contributed by atoms with E-state index in [1.165, 1.54) is 38.5 Å². The summed E-state index contributed by atoms with van der Waals surface area (Å²) in [7, 11) is 2.19. The van der Waals surface area contributed by atoms with Gasteiger partial charge < -0.3 is 4.57 Å². The summed E-state index contributed by atoms with van der Waals surface area (Å²) in [6.07, 6.45) is 14.0. The summed E-state index contributed by atoms with van der Waals surface area (Å²) in [6.45, 7) is 0. The molecule has 3 aromatic rings. The predicted molar refractivity (Wildman–Crippen MR) is 99.3 cm³/mol. The molecule has 2 bridgehead atoms. The van der Waals surface area contributed by atoms with Gasteiger partial charge in [0.15, 0.2) is 0 Å². The van der Waals surface area contributed by atoms with E-state index in [9.17, 15) is 0 Å². The minimum absolute atomic E-state index is 0.435. The fourth-order valence-corrected chi connectivity index (χ4v) is 4.14. The lowest BCUT2D eigenvalue weighted by atomic mass is 9.95. The Kier molecular flexibility index (Phi) is 2.66. The van der Waals surface area contributed by atoms with E-state index in [2.05, 4.69) is 78.4 Å². The molecule has 0 saturated heterocycles. The van der Waals surface area contributed by atoms with Gasteiger partial charge in [-0.15, -0.1) is 0 Å². The Labute approximate surface area is 136 Å². The van der Waals surface area contributed by atoms with Gasteiger partial charge in [0.25, 0.3) is 0 Å². The van der Waals surface area contributed by atoms with Crippen LogP contribution in [-0.4, -0.2) is 4.57 Å². The lowest BCUT2D eigenvalue weighted by molar-refractivity contribution is 0.949. The zero-order valence-corrected chi connectivity index (χ0v) is 13.3. The summed E-state index contributed by atoms with van der Waals surface area (Å²) in [6, 6.07) is 13.3. The highest BCUT2D eigenvalue weighted by Crippen LogP contribution is 2.41. The first-order valence-corrected chi connectivity index (χ1v) is 8.39. The van der Waals surface area contributed by atoms with Crippen LogP contribution in [0.1, 0.15) is 24.1 Å². The molecule has 1 heterocycles. The second kappa shape index (κ2) is 4.73. The third kappa shape index (κ3) is 1.80. The molecule has 2 aromatic carbocycles. The molecule has 0 radical (unpaired) electrons. The van der Waals surface area contributed by atoms with Crippen LogP contribution in [0.3, 0.4) is 0 Å². The van der Waals surface area contributed by atoms with Crippen LogP contribution in [0.2, 0.25) is 0 Å². The molecule has 0 amide bonds. The number of fused-ring (bicyclic) bond motifs is 7. The van der Waals surface area contributed by atoms with Gasteiger partial charge in [-0.2, -0.15) is 0 Å². The predicted octanol–water partition coefficient (Wildman–Crippen LogP) is 5.71. The number of rotatable bonds is 0. The Balaban J connectivity index is 1.96. The van der Waals surface area contributed by atoms with Crippen molar-refractivity contribution in [3.8, 4) is 0 Å². The number of allylic oxidation sites excluding steroid dienone is 5. The molecule has 112 valence electrons. The molecule has 1 aromatic heterocycles. The van der Waals surface area contributed by atoms with E-state index >= 15 is 0 Å². The first-order valence-electron chi connectivity index (χ1n) is 8.39. The third-order valence-electron chi connectivity index (χ3n) is 5.27. The zero-order valence-electron chi connectivity index (χ0n) is 13.3. The smallest absolute Gasteiger partial charge is 0.0495 e. The van der Waals surface area contributed by atoms with Crippen molar-refractivity contribution in [2.75, 3.05) is 0 Å². The van der Waals surface area contributed by atoms with Crippen molar-refractivity contribution in [1.82, 2.24) is 4.57 Å². The van der Waals surface area contributed by atoms with Gasteiger partial charge in [0.05, 0.1) is 0 Å². The van der Waals surface area contributed by atoms with Crippen molar-refractivity contribution >= 4 is 33.3 Å². The van der Waals surface area contributed by atoms with Crippen molar-refractivity contribution in [3.63, 3.8) is 0 Å². The van der Waals surface area contributed by atoms with Crippen molar-refractivity contribution in [1.29, 1.82) is 0 Å². The van der Waals surface area contributed by atoms with Gasteiger partial charge in [-0.3, -0.25) is 0 Å². The van der Waals surface area contributed by atoms with E-state index in [4.69, 9.17) is 0 Å². The SMILES string of the molecule is Cn1c2c(c3c4ccccc4ccc31)C1=CC(C=CCC1)C=C2. The summed E-state index contributed by atoms with van der Waals surface area (Å²) in [5, 5.41) is 4.11. The monoisotopic (exact) mass is 297 g/mol. The average molecular weight is 297 g/mol. The first kappa shape index (κ1) is 13.0. The third-order valence-corrected chi connectivity index (χ3v) is 5.27. The molecule has 0 fully saturated rings. The summed E-state index contributed by atoms with van der Waals surface area (Å²) in [5.41, 5.74) is 5.62. The first-order chi connectivity index (χ1) is 11.3. The number of benzene rings is 2. The van der Waals surface area contributed by atoms with E-state index in [0.717, 1.165) is 12.8 Å². The molecule has 1 atom stereocenters. The van der Waals surface area contributed by atoms with Gasteiger partial charge in [0, 0.05) is 35.1 Å². The van der Waals surface area contributed by atoms with Crippen LogP contribution in [0.5, 0.6) is 0 Å². The Morgan fingerprint density at radius 2 is 1.96 bits per heavy atom. The molecule has 1 heteroatoms. The highest BCUT2D eigenvalue weighted by atomic mass is 14.9. The van der Waals surface area contributed by atoms with E-state index in [1.54, 1.807) is 0 Å². The van der Waals surface area contributed by atoms with E-state index in [0.29, 0.717) is 5.92 Å². The second-order valence-corrected chi connectivity index (χ2v) is 6.60. The molecule has 0 spiro atoms. The van der Waals surface area contributed by atoms with Crippen molar-refractivity contribution in [2.45, 2.75) is 12.8 Å². The average Bonchev–Trinajstić information content (AvgIpc) is 2.78. The van der Waals surface area contributed by atoms with Crippen LogP contribution in [0.4, 0.5) is 0 Å². The Bertz CT molecular complexity index is 1030. The summed E-state index contributed by atoms with van der Waals surface area (Å²) >= 11 is 0. The number of nitrogens with zero attached hydrogens (tertiary/aromatic N) is 1. The molecule has 23 heavy (non-hydrogen) atoms. The molecular weight excluding hydrogens is 278 g/mol. The largest absolute Gasteiger partial charge is 0.344 e. The maximum Gasteiger partial charge on any atom is 0.0495 e. The van der Waals surface area contributed by atoms with Gasteiger partial charge in [-0.05, 0) is 41.3 Å². The van der Waals surface area contributed by atoms with Crippen LogP contribution < -0.4 is 0 Å². The van der Waals surface area contributed by atoms with Crippen molar-refractivity contribution in [2.24, 2.45) is 13.0 Å². The van der Waals surface area contributed by atoms with E-state index in [1.807, 2.05) is 0 Å². The Hall–Kier alpha value is -2.54. The number of hydrogen-bond acceptors (Lipinski definition) is 0. The van der Waals surface area contributed by atoms with Crippen LogP contribution >= 0.6 is 0 Å². The fourth-order valence-electron chi connectivity index (χ4n) is 4.14. The Morgan fingerprint density at radius 3 is 2.91 bits per heavy atom. The highest BCUT2D eigenvalue weighted by Gasteiger charge is 2.21. The Morgan fingerprint density at radius 1 is 1.04 bits per heavy atom. The lowest BCUT2D eigenvalue weighted by Crippen LogP contribution is -1.92. The molecule has 1 unspecified atom stereocenters. The molecule has 0 N–H and O–H groups in total. The minimum Gasteiger partial charge on any atom is -0.344 e. The molecule has 2 aliphatic carbocycles. The van der Waals surface area contributed by atoms with Gasteiger partial charge in [-0.1, -0.05) is 54.6 Å². The number of aryl methyl sites for hydroxylation is 1. The molecule has 5 rings (SSSR count). The highest BCUT2D eigenvalue weighted by molar-refractivity contribution is 6.13. The van der Waals surface area contributed by atoms with Crippen molar-refractivity contribution < 1.29 is 0 Å². The molecule has 2 aliphatic rings. The van der Waals surface area contributed by atoms with Crippen LogP contribution in [0.15, 0.2) is 60.7 Å². The van der Waals surface area contributed by atoms with Gasteiger partial charge in [0.1, 0.15) is 0 Å². The van der Waals surface area contributed by atoms with Crippen LogP contribution in [0, 0.1) is 5.92 Å². The summed E-state index contributed by atoms with van der Waals surface area (Å²) < 4.78 is 2.36. The van der Waals surface area contributed by atoms with Crippen molar-refractivity contribution in [3.05, 3.63) is 72.0 Å². The number of aromatic nitrogens is 1. The maximum absolute atomic E-state index is 2.45. The van der Waals surface area contributed by atoms with Gasteiger partial charge in [0.2, 0.25) is 0 Å². The zero-order chi connectivity index (χ0) is 15.4.